The summed E-state index contributed by atoms with van der Waals surface area (Å²) >= 11 is 0. The first-order valence-electron chi connectivity index (χ1n) is 10.5. The molecule has 0 spiro atoms. The van der Waals surface area contributed by atoms with Gasteiger partial charge < -0.3 is 9.47 Å². The maximum atomic E-state index is 5.69. The van der Waals surface area contributed by atoms with Crippen LogP contribution in [0.4, 0.5) is 0 Å². The van der Waals surface area contributed by atoms with Crippen LogP contribution in [0.25, 0.3) is 0 Å². The van der Waals surface area contributed by atoms with E-state index in [1.54, 1.807) is 14.2 Å². The lowest BCUT2D eigenvalue weighted by molar-refractivity contribution is -0.00898. The summed E-state index contributed by atoms with van der Waals surface area (Å²) in [4.78, 5) is 5.49. The third-order valence-electron chi connectivity index (χ3n) is 7.21. The molecule has 4 aliphatic rings. The second-order valence-corrected chi connectivity index (χ2v) is 8.44. The molecule has 4 heterocycles. The van der Waals surface area contributed by atoms with Crippen LogP contribution >= 0.6 is 0 Å². The van der Waals surface area contributed by atoms with Gasteiger partial charge in [0, 0.05) is 31.1 Å². The molecule has 0 unspecified atom stereocenters. The maximum absolute atomic E-state index is 5.69. The van der Waals surface area contributed by atoms with Gasteiger partial charge in [-0.3, -0.25) is 9.80 Å². The second-order valence-electron chi connectivity index (χ2n) is 8.44. The highest BCUT2D eigenvalue weighted by Crippen LogP contribution is 2.47. The van der Waals surface area contributed by atoms with Crippen molar-refractivity contribution in [1.29, 1.82) is 0 Å². The molecule has 0 amide bonds. The molecule has 0 aliphatic carbocycles. The molecule has 0 aromatic heterocycles. The van der Waals surface area contributed by atoms with Gasteiger partial charge in [-0.05, 0) is 49.5 Å². The molecule has 4 heteroatoms. The molecule has 2 aromatic carbocycles. The Morgan fingerprint density at radius 2 is 1.54 bits per heavy atom. The number of rotatable bonds is 5. The fraction of sp³-hybridized carbons (Fsp3) is 0.500. The number of nitrogens with zero attached hydrogens (tertiary/aromatic N) is 2. The Kier molecular flexibility index (Phi) is 4.77. The lowest BCUT2D eigenvalue weighted by Crippen LogP contribution is -2.59. The van der Waals surface area contributed by atoms with E-state index >= 15 is 0 Å². The second kappa shape index (κ2) is 7.41. The Balaban J connectivity index is 1.50. The van der Waals surface area contributed by atoms with E-state index in [4.69, 9.17) is 9.47 Å². The van der Waals surface area contributed by atoms with Crippen molar-refractivity contribution < 1.29 is 9.47 Å². The van der Waals surface area contributed by atoms with Crippen LogP contribution in [0.1, 0.15) is 29.9 Å². The van der Waals surface area contributed by atoms with Crippen molar-refractivity contribution in [2.75, 3.05) is 33.9 Å². The largest absolute Gasteiger partial charge is 0.496 e. The van der Waals surface area contributed by atoms with Gasteiger partial charge in [0.1, 0.15) is 11.5 Å². The number of hydrogen-bond donors (Lipinski definition) is 0. The third-order valence-corrected chi connectivity index (χ3v) is 7.21. The van der Waals surface area contributed by atoms with Crippen molar-refractivity contribution in [3.63, 3.8) is 0 Å². The molecule has 4 nitrogen and oxygen atoms in total. The lowest BCUT2D eigenvalue weighted by atomic mass is 9.75. The van der Waals surface area contributed by atoms with E-state index in [1.165, 1.54) is 37.1 Å². The average molecular weight is 379 g/mol. The quantitative estimate of drug-likeness (QED) is 0.791. The first-order valence-corrected chi connectivity index (χ1v) is 10.5. The molecule has 0 radical (unpaired) electrons. The molecule has 6 rings (SSSR count). The first kappa shape index (κ1) is 18.0. The van der Waals surface area contributed by atoms with Crippen molar-refractivity contribution in [2.45, 2.75) is 37.4 Å². The van der Waals surface area contributed by atoms with Crippen LogP contribution in [0.3, 0.4) is 0 Å². The Morgan fingerprint density at radius 3 is 2.18 bits per heavy atom. The Bertz CT molecular complexity index is 794. The molecule has 2 bridgehead atoms. The lowest BCUT2D eigenvalue weighted by Gasteiger charge is -2.51. The van der Waals surface area contributed by atoms with Gasteiger partial charge in [-0.2, -0.15) is 0 Å². The Morgan fingerprint density at radius 1 is 0.857 bits per heavy atom. The fourth-order valence-corrected chi connectivity index (χ4v) is 6.00. The minimum Gasteiger partial charge on any atom is -0.496 e. The SMILES string of the molecule is COc1cccc(OC)c1CN1C[C@@H](c2ccccc2)[C@@H]2[C@H]1C1CCN2CC1. The normalized spacial score (nSPS) is 31.6. The van der Waals surface area contributed by atoms with Gasteiger partial charge in [0.25, 0.3) is 0 Å². The predicted molar refractivity (Wildman–Crippen MR) is 111 cm³/mol. The minimum absolute atomic E-state index is 0.579. The van der Waals surface area contributed by atoms with Crippen molar-refractivity contribution in [3.8, 4) is 11.5 Å². The average Bonchev–Trinajstić information content (AvgIpc) is 3.17. The van der Waals surface area contributed by atoms with Gasteiger partial charge in [-0.25, -0.2) is 0 Å². The third kappa shape index (κ3) is 2.90. The van der Waals surface area contributed by atoms with E-state index in [2.05, 4.69) is 52.3 Å². The van der Waals surface area contributed by atoms with Crippen molar-refractivity contribution in [1.82, 2.24) is 9.80 Å². The van der Waals surface area contributed by atoms with Gasteiger partial charge in [0.2, 0.25) is 0 Å². The number of piperidine rings is 3. The van der Waals surface area contributed by atoms with Gasteiger partial charge in [-0.1, -0.05) is 36.4 Å². The maximum Gasteiger partial charge on any atom is 0.127 e. The summed E-state index contributed by atoms with van der Waals surface area (Å²) in [6.45, 7) is 4.53. The molecule has 4 aliphatic heterocycles. The molecule has 148 valence electrons. The highest BCUT2D eigenvalue weighted by molar-refractivity contribution is 5.45. The van der Waals surface area contributed by atoms with Crippen LogP contribution < -0.4 is 9.47 Å². The number of likely N-dealkylation sites (tertiary alicyclic amines) is 1. The summed E-state index contributed by atoms with van der Waals surface area (Å²) in [6.07, 6.45) is 2.67. The van der Waals surface area contributed by atoms with Crippen LogP contribution in [0.5, 0.6) is 11.5 Å². The number of hydrogen-bond acceptors (Lipinski definition) is 4. The summed E-state index contributed by atoms with van der Waals surface area (Å²) in [5, 5.41) is 0. The van der Waals surface area contributed by atoms with Crippen molar-refractivity contribution >= 4 is 0 Å². The van der Waals surface area contributed by atoms with Gasteiger partial charge in [0.15, 0.2) is 0 Å². The number of ether oxygens (including phenoxy) is 2. The molecule has 2 aromatic rings. The van der Waals surface area contributed by atoms with E-state index in [1.807, 2.05) is 6.07 Å². The molecule has 28 heavy (non-hydrogen) atoms. The standard InChI is InChI=1S/C24H30N2O2/c1-27-21-9-6-10-22(28-2)20(21)16-26-15-19(17-7-4-3-5-8-17)24-23(26)18-11-13-25(24)14-12-18/h3-10,18-19,23-24H,11-16H2,1-2H3/t19-,23+,24+/m0/s1. The van der Waals surface area contributed by atoms with E-state index < -0.39 is 0 Å². The molecular formula is C24H30N2O2. The zero-order valence-corrected chi connectivity index (χ0v) is 16.9. The predicted octanol–water partition coefficient (Wildman–Crippen LogP) is 3.77. The van der Waals surface area contributed by atoms with E-state index in [0.29, 0.717) is 18.0 Å². The highest BCUT2D eigenvalue weighted by atomic mass is 16.5. The zero-order chi connectivity index (χ0) is 19.1. The molecule has 0 N–H and O–H groups in total. The van der Waals surface area contributed by atoms with Crippen molar-refractivity contribution in [3.05, 3.63) is 59.7 Å². The van der Waals surface area contributed by atoms with Crippen LogP contribution in [-0.2, 0) is 6.54 Å². The highest BCUT2D eigenvalue weighted by Gasteiger charge is 2.53. The number of benzene rings is 2. The zero-order valence-electron chi connectivity index (χ0n) is 16.9. The topological polar surface area (TPSA) is 24.9 Å². The smallest absolute Gasteiger partial charge is 0.127 e. The summed E-state index contributed by atoms with van der Waals surface area (Å²) in [5.74, 6) is 3.25. The number of fused-ring (bicyclic) bond motifs is 2. The minimum atomic E-state index is 0.579. The summed E-state index contributed by atoms with van der Waals surface area (Å²) in [5.41, 5.74) is 2.66. The molecule has 4 fully saturated rings. The first-order chi connectivity index (χ1) is 13.8. The molecule has 3 atom stereocenters. The van der Waals surface area contributed by atoms with Crippen LogP contribution in [0, 0.1) is 5.92 Å². The summed E-state index contributed by atoms with van der Waals surface area (Å²) in [7, 11) is 3.51. The van der Waals surface area contributed by atoms with Gasteiger partial charge >= 0.3 is 0 Å². The summed E-state index contributed by atoms with van der Waals surface area (Å²) in [6, 6.07) is 18.5. The van der Waals surface area contributed by atoms with Crippen LogP contribution in [0.2, 0.25) is 0 Å². The molecule has 0 saturated carbocycles. The molecule has 4 saturated heterocycles. The Hall–Kier alpha value is -2.04. The monoisotopic (exact) mass is 378 g/mol. The molecular weight excluding hydrogens is 348 g/mol. The van der Waals surface area contributed by atoms with Crippen LogP contribution in [0.15, 0.2) is 48.5 Å². The van der Waals surface area contributed by atoms with Gasteiger partial charge in [0.05, 0.1) is 19.8 Å². The van der Waals surface area contributed by atoms with E-state index in [-0.39, 0.29) is 0 Å². The number of methoxy groups -OCH3 is 2. The van der Waals surface area contributed by atoms with Gasteiger partial charge in [-0.15, -0.1) is 0 Å². The van der Waals surface area contributed by atoms with Crippen molar-refractivity contribution in [2.24, 2.45) is 5.92 Å². The van der Waals surface area contributed by atoms with Crippen LogP contribution in [-0.4, -0.2) is 55.7 Å². The fourth-order valence-electron chi connectivity index (χ4n) is 6.00. The Labute approximate surface area is 168 Å². The van der Waals surface area contributed by atoms with E-state index in [9.17, 15) is 0 Å². The van der Waals surface area contributed by atoms with E-state index in [0.717, 1.165) is 30.5 Å². The summed E-state index contributed by atoms with van der Waals surface area (Å²) < 4.78 is 11.4.